The summed E-state index contributed by atoms with van der Waals surface area (Å²) >= 11 is 1.83. The third-order valence-corrected chi connectivity index (χ3v) is 5.47. The molecule has 0 aliphatic heterocycles. The lowest BCUT2D eigenvalue weighted by Crippen LogP contribution is -2.13. The number of rotatable bonds is 4. The van der Waals surface area contributed by atoms with E-state index < -0.39 is 17.8 Å². The number of fused-ring (bicyclic) bond motifs is 1. The average molecular weight is 547 g/mol. The van der Waals surface area contributed by atoms with Crippen molar-refractivity contribution >= 4 is 39.3 Å². The largest absolute Gasteiger partial charge is 0.416 e. The van der Waals surface area contributed by atoms with Crippen molar-refractivity contribution in [1.82, 2.24) is 24.9 Å². The molecule has 0 amide bonds. The van der Waals surface area contributed by atoms with Crippen LogP contribution in [0, 0.1) is 14.9 Å². The predicted molar refractivity (Wildman–Crippen MR) is 119 cm³/mol. The molecule has 4 rings (SSSR count). The minimum atomic E-state index is -4.49. The molecule has 1 N–H and O–H groups in total. The molecule has 0 fully saturated rings. The zero-order valence-corrected chi connectivity index (χ0v) is 18.5. The number of halogens is 4. The van der Waals surface area contributed by atoms with Gasteiger partial charge in [0, 0.05) is 27.5 Å². The Morgan fingerprint density at radius 3 is 2.53 bits per heavy atom. The van der Waals surface area contributed by atoms with E-state index in [1.54, 1.807) is 19.1 Å². The highest BCUT2D eigenvalue weighted by molar-refractivity contribution is 14.1. The van der Waals surface area contributed by atoms with E-state index in [1.165, 1.54) is 24.9 Å². The molecule has 0 saturated heterocycles. The Morgan fingerprint density at radius 1 is 1.06 bits per heavy atom. The smallest absolute Gasteiger partial charge is 0.361 e. The van der Waals surface area contributed by atoms with E-state index in [0.717, 1.165) is 12.1 Å². The summed E-state index contributed by atoms with van der Waals surface area (Å²) in [6.45, 7) is 1.80. The monoisotopic (exact) mass is 547 g/mol. The van der Waals surface area contributed by atoms with Crippen LogP contribution < -0.4 is 5.32 Å². The number of alkyl halides is 3. The molecule has 1 aromatic carbocycles. The third kappa shape index (κ3) is 4.31. The van der Waals surface area contributed by atoms with E-state index in [0.29, 0.717) is 31.7 Å². The maximum absolute atomic E-state index is 13.3. The molecule has 0 unspecified atom stereocenters. The first-order valence-electron chi connectivity index (χ1n) is 9.23. The molecule has 32 heavy (non-hydrogen) atoms. The minimum Gasteiger partial charge on any atom is -0.361 e. The van der Waals surface area contributed by atoms with Gasteiger partial charge in [-0.15, -0.1) is 0 Å². The topological polar surface area (TPSA) is 100 Å². The number of benzene rings is 1. The second kappa shape index (κ2) is 8.62. The van der Waals surface area contributed by atoms with Crippen LogP contribution in [0.3, 0.4) is 0 Å². The fourth-order valence-corrected chi connectivity index (χ4v) is 3.91. The SMILES string of the molecule is C[C@H](Nc1ncnc2c(I)cc(C(F)(F)F)cc12)c1nccnc1-c1ccc(C#N)cn1. The van der Waals surface area contributed by atoms with Gasteiger partial charge >= 0.3 is 6.18 Å². The van der Waals surface area contributed by atoms with Crippen LogP contribution in [0.15, 0.2) is 49.2 Å². The lowest BCUT2D eigenvalue weighted by molar-refractivity contribution is -0.137. The molecule has 7 nitrogen and oxygen atoms in total. The summed E-state index contributed by atoms with van der Waals surface area (Å²) in [6.07, 6.45) is 1.27. The second-order valence-electron chi connectivity index (χ2n) is 6.77. The molecule has 0 aliphatic rings. The zero-order chi connectivity index (χ0) is 22.9. The molecule has 0 spiro atoms. The van der Waals surface area contributed by atoms with Crippen molar-refractivity contribution in [2.24, 2.45) is 0 Å². The van der Waals surface area contributed by atoms with Gasteiger partial charge in [-0.25, -0.2) is 9.97 Å². The number of aromatic nitrogens is 5. The van der Waals surface area contributed by atoms with Gasteiger partial charge in [0.25, 0.3) is 0 Å². The van der Waals surface area contributed by atoms with E-state index in [-0.39, 0.29) is 11.2 Å². The van der Waals surface area contributed by atoms with E-state index in [2.05, 4.69) is 30.2 Å². The van der Waals surface area contributed by atoms with Crippen molar-refractivity contribution in [2.75, 3.05) is 5.32 Å². The Morgan fingerprint density at radius 2 is 1.84 bits per heavy atom. The molecule has 0 bridgehead atoms. The second-order valence-corrected chi connectivity index (χ2v) is 7.94. The minimum absolute atomic E-state index is 0.246. The zero-order valence-electron chi connectivity index (χ0n) is 16.4. The van der Waals surface area contributed by atoms with Crippen LogP contribution in [0.4, 0.5) is 19.0 Å². The molecule has 160 valence electrons. The summed E-state index contributed by atoms with van der Waals surface area (Å²) in [6, 6.07) is 6.91. The van der Waals surface area contributed by atoms with Crippen LogP contribution >= 0.6 is 22.6 Å². The van der Waals surface area contributed by atoms with Crippen molar-refractivity contribution in [3.8, 4) is 17.5 Å². The first-order valence-corrected chi connectivity index (χ1v) is 10.3. The Balaban J connectivity index is 1.75. The molecule has 1 atom stereocenters. The first-order chi connectivity index (χ1) is 15.3. The summed E-state index contributed by atoms with van der Waals surface area (Å²) in [4.78, 5) is 21.3. The Hall–Kier alpha value is -3.40. The van der Waals surface area contributed by atoms with E-state index >= 15 is 0 Å². The number of anilines is 1. The van der Waals surface area contributed by atoms with Gasteiger partial charge in [0.15, 0.2) is 0 Å². The highest BCUT2D eigenvalue weighted by atomic mass is 127. The number of hydrogen-bond donors (Lipinski definition) is 1. The van der Waals surface area contributed by atoms with Gasteiger partial charge < -0.3 is 5.32 Å². The number of nitriles is 1. The van der Waals surface area contributed by atoms with Gasteiger partial charge in [-0.05, 0) is 53.8 Å². The van der Waals surface area contributed by atoms with Crippen LogP contribution in [0.5, 0.6) is 0 Å². The normalized spacial score (nSPS) is 12.4. The summed E-state index contributed by atoms with van der Waals surface area (Å²) in [5.74, 6) is 0.246. The van der Waals surface area contributed by atoms with Gasteiger partial charge in [-0.2, -0.15) is 18.4 Å². The number of nitrogens with one attached hydrogen (secondary N) is 1. The quantitative estimate of drug-likeness (QED) is 0.353. The van der Waals surface area contributed by atoms with Crippen molar-refractivity contribution < 1.29 is 13.2 Å². The van der Waals surface area contributed by atoms with E-state index in [9.17, 15) is 13.2 Å². The number of pyridine rings is 1. The lowest BCUT2D eigenvalue weighted by Gasteiger charge is -2.18. The Bertz CT molecular complexity index is 1330. The molecule has 3 aromatic heterocycles. The molecule has 11 heteroatoms. The van der Waals surface area contributed by atoms with Crippen LogP contribution in [0.2, 0.25) is 0 Å². The fourth-order valence-electron chi connectivity index (χ4n) is 3.14. The van der Waals surface area contributed by atoms with Crippen LogP contribution in [-0.2, 0) is 6.18 Å². The van der Waals surface area contributed by atoms with Gasteiger partial charge in [0.2, 0.25) is 0 Å². The van der Waals surface area contributed by atoms with Gasteiger partial charge in [-0.3, -0.25) is 15.0 Å². The first kappa shape index (κ1) is 21.8. The average Bonchev–Trinajstić information content (AvgIpc) is 2.79. The fraction of sp³-hybridized carbons (Fsp3) is 0.143. The highest BCUT2D eigenvalue weighted by Gasteiger charge is 2.32. The number of hydrogen-bond acceptors (Lipinski definition) is 7. The van der Waals surface area contributed by atoms with E-state index in [1.807, 2.05) is 28.7 Å². The third-order valence-electron chi connectivity index (χ3n) is 4.64. The Labute approximate surface area is 193 Å². The molecule has 0 saturated carbocycles. The number of nitrogens with zero attached hydrogens (tertiary/aromatic N) is 6. The predicted octanol–water partition coefficient (Wildman–Crippen LogP) is 5.15. The summed E-state index contributed by atoms with van der Waals surface area (Å²) in [5.41, 5.74) is 1.58. The van der Waals surface area contributed by atoms with Crippen molar-refractivity contribution in [3.05, 3.63) is 69.6 Å². The molecule has 0 radical (unpaired) electrons. The molecule has 0 aliphatic carbocycles. The van der Waals surface area contributed by atoms with E-state index in [4.69, 9.17) is 5.26 Å². The highest BCUT2D eigenvalue weighted by Crippen LogP contribution is 2.36. The molecule has 3 heterocycles. The standard InChI is InChI=1S/C21H13F3IN7/c1-11(17-19(28-5-4-27-17)16-3-2-12(8-26)9-29-16)32-20-14-6-13(21(22,23)24)7-15(25)18(14)30-10-31-20/h2-7,9-11H,1H3,(H,30,31,32)/t11-/m0/s1. The van der Waals surface area contributed by atoms with Crippen LogP contribution in [-0.4, -0.2) is 24.9 Å². The summed E-state index contributed by atoms with van der Waals surface area (Å²) in [7, 11) is 0. The van der Waals surface area contributed by atoms with Crippen LogP contribution in [0.1, 0.15) is 29.8 Å². The van der Waals surface area contributed by atoms with Gasteiger partial charge in [0.05, 0.1) is 34.1 Å². The van der Waals surface area contributed by atoms with Gasteiger partial charge in [0.1, 0.15) is 23.9 Å². The molecular formula is C21H13F3IN7. The van der Waals surface area contributed by atoms with Crippen molar-refractivity contribution in [1.29, 1.82) is 5.26 Å². The van der Waals surface area contributed by atoms with Gasteiger partial charge in [-0.1, -0.05) is 0 Å². The molecule has 4 aromatic rings. The Kier molecular flexibility index (Phi) is 5.88. The molecular weight excluding hydrogens is 534 g/mol. The summed E-state index contributed by atoms with van der Waals surface area (Å²) < 4.78 is 40.4. The summed E-state index contributed by atoms with van der Waals surface area (Å²) in [5, 5.41) is 12.4. The lowest BCUT2D eigenvalue weighted by atomic mass is 10.1. The maximum Gasteiger partial charge on any atom is 0.416 e. The van der Waals surface area contributed by atoms with Crippen molar-refractivity contribution in [2.45, 2.75) is 19.1 Å². The van der Waals surface area contributed by atoms with Crippen molar-refractivity contribution in [3.63, 3.8) is 0 Å². The maximum atomic E-state index is 13.3. The van der Waals surface area contributed by atoms with Crippen LogP contribution in [0.25, 0.3) is 22.3 Å².